The fourth-order valence-electron chi connectivity index (χ4n) is 3.49. The molecule has 3 rings (SSSR count). The van der Waals surface area contributed by atoms with Crippen LogP contribution in [0.25, 0.3) is 22.1 Å². The van der Waals surface area contributed by atoms with Crippen LogP contribution in [0.5, 0.6) is 5.75 Å². The standard InChI is InChI=1S/C23H25NO5/c1-3-4-10-18(23(27)28)24-13-17-14(2)11-19-21(22(17)26)16(12-20(25)29-19)15-8-6-5-7-9-15/h5-9,11-12,18,24,26H,3-4,10,13H2,1-2H3,(H,27,28). The zero-order valence-corrected chi connectivity index (χ0v) is 16.6. The Kier molecular flexibility index (Phi) is 6.34. The van der Waals surface area contributed by atoms with Crippen LogP contribution in [0.2, 0.25) is 0 Å². The second kappa shape index (κ2) is 8.92. The summed E-state index contributed by atoms with van der Waals surface area (Å²) >= 11 is 0. The molecule has 0 amide bonds. The molecule has 6 heteroatoms. The monoisotopic (exact) mass is 395 g/mol. The first-order valence-electron chi connectivity index (χ1n) is 9.73. The number of carbonyl (C=O) groups is 1. The maximum Gasteiger partial charge on any atom is 0.336 e. The van der Waals surface area contributed by atoms with Crippen molar-refractivity contribution in [3.8, 4) is 16.9 Å². The van der Waals surface area contributed by atoms with Gasteiger partial charge in [0.25, 0.3) is 0 Å². The van der Waals surface area contributed by atoms with Crippen LogP contribution >= 0.6 is 0 Å². The molecule has 0 aliphatic rings. The lowest BCUT2D eigenvalue weighted by Gasteiger charge is -2.18. The summed E-state index contributed by atoms with van der Waals surface area (Å²) in [6.07, 6.45) is 2.23. The summed E-state index contributed by atoms with van der Waals surface area (Å²) in [6, 6.07) is 11.7. The predicted octanol–water partition coefficient (Wildman–Crippen LogP) is 4.21. The Bertz CT molecular complexity index is 1070. The summed E-state index contributed by atoms with van der Waals surface area (Å²) < 4.78 is 5.33. The Labute approximate surface area is 168 Å². The van der Waals surface area contributed by atoms with Crippen molar-refractivity contribution < 1.29 is 19.4 Å². The van der Waals surface area contributed by atoms with E-state index in [1.54, 1.807) is 13.0 Å². The minimum Gasteiger partial charge on any atom is -0.507 e. The van der Waals surface area contributed by atoms with E-state index in [9.17, 15) is 19.8 Å². The van der Waals surface area contributed by atoms with Gasteiger partial charge in [0, 0.05) is 23.7 Å². The van der Waals surface area contributed by atoms with Crippen molar-refractivity contribution in [2.24, 2.45) is 0 Å². The average molecular weight is 395 g/mol. The Morgan fingerprint density at radius 2 is 1.93 bits per heavy atom. The Balaban J connectivity index is 2.06. The van der Waals surface area contributed by atoms with Gasteiger partial charge in [0.1, 0.15) is 17.4 Å². The van der Waals surface area contributed by atoms with E-state index in [0.29, 0.717) is 28.5 Å². The van der Waals surface area contributed by atoms with Gasteiger partial charge in [-0.2, -0.15) is 0 Å². The van der Waals surface area contributed by atoms with Gasteiger partial charge in [0.15, 0.2) is 0 Å². The number of rotatable bonds is 8. The molecule has 29 heavy (non-hydrogen) atoms. The highest BCUT2D eigenvalue weighted by Gasteiger charge is 2.20. The smallest absolute Gasteiger partial charge is 0.336 e. The molecule has 2 aromatic carbocycles. The first-order chi connectivity index (χ1) is 13.9. The van der Waals surface area contributed by atoms with Gasteiger partial charge in [-0.3, -0.25) is 4.79 Å². The van der Waals surface area contributed by atoms with Crippen LogP contribution in [0, 0.1) is 6.92 Å². The third kappa shape index (κ3) is 4.49. The van der Waals surface area contributed by atoms with Crippen LogP contribution in [-0.2, 0) is 11.3 Å². The quantitative estimate of drug-likeness (QED) is 0.494. The Morgan fingerprint density at radius 1 is 1.21 bits per heavy atom. The highest BCUT2D eigenvalue weighted by molar-refractivity contribution is 5.98. The van der Waals surface area contributed by atoms with Crippen LogP contribution in [0.3, 0.4) is 0 Å². The molecule has 1 atom stereocenters. The maximum absolute atomic E-state index is 12.0. The van der Waals surface area contributed by atoms with Crippen molar-refractivity contribution in [1.82, 2.24) is 5.32 Å². The van der Waals surface area contributed by atoms with Crippen LogP contribution < -0.4 is 10.9 Å². The first kappa shape index (κ1) is 20.6. The SMILES string of the molecule is CCCCC(NCc1c(C)cc2oc(=O)cc(-c3ccccc3)c2c1O)C(=O)O. The molecule has 3 N–H and O–H groups in total. The van der Waals surface area contributed by atoms with Crippen LogP contribution in [0.1, 0.15) is 37.3 Å². The van der Waals surface area contributed by atoms with E-state index in [-0.39, 0.29) is 12.3 Å². The lowest BCUT2D eigenvalue weighted by atomic mass is 9.96. The van der Waals surface area contributed by atoms with Crippen molar-refractivity contribution >= 4 is 16.9 Å². The third-order valence-electron chi connectivity index (χ3n) is 5.09. The largest absolute Gasteiger partial charge is 0.507 e. The summed E-state index contributed by atoms with van der Waals surface area (Å²) in [6.45, 7) is 4.01. The topological polar surface area (TPSA) is 99.8 Å². The molecule has 152 valence electrons. The molecule has 1 aromatic heterocycles. The zero-order chi connectivity index (χ0) is 21.0. The Hall–Kier alpha value is -3.12. The molecule has 1 heterocycles. The molecule has 0 spiro atoms. The number of carboxylic acids is 1. The molecule has 0 aliphatic heterocycles. The summed E-state index contributed by atoms with van der Waals surface area (Å²) in [5.74, 6) is -0.915. The first-order valence-corrected chi connectivity index (χ1v) is 9.73. The van der Waals surface area contributed by atoms with E-state index in [4.69, 9.17) is 4.42 Å². The van der Waals surface area contributed by atoms with E-state index in [0.717, 1.165) is 24.0 Å². The fourth-order valence-corrected chi connectivity index (χ4v) is 3.49. The van der Waals surface area contributed by atoms with Crippen molar-refractivity contribution in [2.75, 3.05) is 0 Å². The van der Waals surface area contributed by atoms with E-state index >= 15 is 0 Å². The average Bonchev–Trinajstić information content (AvgIpc) is 2.69. The van der Waals surface area contributed by atoms with Gasteiger partial charge >= 0.3 is 11.6 Å². The summed E-state index contributed by atoms with van der Waals surface area (Å²) in [5, 5.41) is 24.0. The molecule has 0 radical (unpaired) electrons. The second-order valence-electron chi connectivity index (χ2n) is 7.15. The van der Waals surface area contributed by atoms with E-state index in [1.165, 1.54) is 6.07 Å². The molecule has 6 nitrogen and oxygen atoms in total. The normalized spacial score (nSPS) is 12.2. The molecule has 0 fully saturated rings. The number of hydrogen-bond donors (Lipinski definition) is 3. The van der Waals surface area contributed by atoms with Crippen molar-refractivity contribution in [1.29, 1.82) is 0 Å². The molecule has 0 saturated heterocycles. The van der Waals surface area contributed by atoms with Gasteiger partial charge in [-0.05, 0) is 30.5 Å². The summed E-state index contributed by atoms with van der Waals surface area (Å²) in [4.78, 5) is 23.6. The van der Waals surface area contributed by atoms with E-state index in [1.807, 2.05) is 37.3 Å². The predicted molar refractivity (Wildman–Crippen MR) is 112 cm³/mol. The molecule has 3 aromatic rings. The number of unbranched alkanes of at least 4 members (excludes halogenated alkanes) is 1. The molecule has 1 unspecified atom stereocenters. The van der Waals surface area contributed by atoms with Gasteiger partial charge in [0.2, 0.25) is 0 Å². The number of hydrogen-bond acceptors (Lipinski definition) is 5. The van der Waals surface area contributed by atoms with Gasteiger partial charge in [-0.15, -0.1) is 0 Å². The number of nitrogens with one attached hydrogen (secondary N) is 1. The summed E-state index contributed by atoms with van der Waals surface area (Å²) in [7, 11) is 0. The number of carboxylic acid groups (broad SMARTS) is 1. The number of phenolic OH excluding ortho intramolecular Hbond substituents is 1. The molecule has 0 bridgehead atoms. The zero-order valence-electron chi connectivity index (χ0n) is 16.6. The van der Waals surface area contributed by atoms with Crippen molar-refractivity contribution in [3.63, 3.8) is 0 Å². The molecular weight excluding hydrogens is 370 g/mol. The van der Waals surface area contributed by atoms with Crippen molar-refractivity contribution in [2.45, 2.75) is 45.7 Å². The van der Waals surface area contributed by atoms with Crippen LogP contribution in [-0.4, -0.2) is 22.2 Å². The second-order valence-corrected chi connectivity index (χ2v) is 7.15. The van der Waals surface area contributed by atoms with Gasteiger partial charge in [0.05, 0.1) is 5.39 Å². The minimum atomic E-state index is -0.910. The lowest BCUT2D eigenvalue weighted by Crippen LogP contribution is -2.36. The maximum atomic E-state index is 12.0. The molecule has 0 saturated carbocycles. The number of fused-ring (bicyclic) bond motifs is 1. The Morgan fingerprint density at radius 3 is 2.59 bits per heavy atom. The van der Waals surface area contributed by atoms with Crippen molar-refractivity contribution in [3.05, 3.63) is 64.0 Å². The number of benzene rings is 2. The third-order valence-corrected chi connectivity index (χ3v) is 5.09. The number of aliphatic carboxylic acids is 1. The van der Waals surface area contributed by atoms with Crippen LogP contribution in [0.4, 0.5) is 0 Å². The number of aryl methyl sites for hydroxylation is 1. The lowest BCUT2D eigenvalue weighted by molar-refractivity contribution is -0.139. The molecular formula is C23H25NO5. The van der Waals surface area contributed by atoms with E-state index in [2.05, 4.69) is 5.32 Å². The highest BCUT2D eigenvalue weighted by atomic mass is 16.4. The minimum absolute atomic E-state index is 0.00488. The van der Waals surface area contributed by atoms with Gasteiger partial charge < -0.3 is 19.9 Å². The number of phenols is 1. The summed E-state index contributed by atoms with van der Waals surface area (Å²) in [5.41, 5.74) is 2.48. The van der Waals surface area contributed by atoms with Gasteiger partial charge in [-0.25, -0.2) is 4.79 Å². The highest BCUT2D eigenvalue weighted by Crippen LogP contribution is 2.37. The fraction of sp³-hybridized carbons (Fsp3) is 0.304. The van der Waals surface area contributed by atoms with Crippen LogP contribution in [0.15, 0.2) is 51.7 Å². The van der Waals surface area contributed by atoms with E-state index < -0.39 is 17.6 Å². The number of aromatic hydroxyl groups is 1. The van der Waals surface area contributed by atoms with Gasteiger partial charge in [-0.1, -0.05) is 50.1 Å². The molecule has 0 aliphatic carbocycles.